The SMILES string of the molecule is C[Si](C)(C)[Si]1([Si](C)(C)C)[Si](C)(C)[Si]([Si](C)(C)C)([Si](C)(C)C)[Si](C)(C)[Si]([Si](C)(C)C)([Si](C)(C)C)[Si]1(C)C. The molecule has 0 aromatic heterocycles. The van der Waals surface area contributed by atoms with Gasteiger partial charge in [-0.25, -0.2) is 0 Å². The van der Waals surface area contributed by atoms with Crippen molar-refractivity contribution in [2.45, 2.75) is 157 Å². The van der Waals surface area contributed by atoms with Gasteiger partial charge in [-0.05, 0) is 0 Å². The van der Waals surface area contributed by atoms with Crippen LogP contribution in [-0.4, -0.2) is 85.3 Å². The van der Waals surface area contributed by atoms with Gasteiger partial charge in [-0.2, -0.15) is 0 Å². The minimum absolute atomic E-state index is 1.36. The van der Waals surface area contributed by atoms with Gasteiger partial charge in [0.05, 0.1) is 0 Å². The van der Waals surface area contributed by atoms with E-state index in [4.69, 9.17) is 0 Å². The molecule has 1 aliphatic rings. The van der Waals surface area contributed by atoms with Crippen molar-refractivity contribution in [3.8, 4) is 0 Å². The largest absolute Gasteiger partial charge is 0.0742 e. The predicted molar refractivity (Wildman–Crippen MR) is 210 cm³/mol. The minimum atomic E-state index is -1.49. The van der Waals surface area contributed by atoms with Gasteiger partial charge in [-0.1, -0.05) is 157 Å². The molecule has 1 saturated heterocycles. The molecule has 0 amide bonds. The smallest absolute Gasteiger partial charge is 0.0308 e. The highest BCUT2D eigenvalue weighted by Crippen LogP contribution is 2.64. The lowest BCUT2D eigenvalue weighted by molar-refractivity contribution is 1.72. The Labute approximate surface area is 240 Å². The number of hydrogen-bond acceptors (Lipinski definition) is 0. The van der Waals surface area contributed by atoms with Crippen LogP contribution < -0.4 is 0 Å². The van der Waals surface area contributed by atoms with Crippen LogP contribution in [0.15, 0.2) is 0 Å². The van der Waals surface area contributed by atoms with Crippen LogP contribution in [0.5, 0.6) is 0 Å². The molecule has 1 aliphatic heterocycles. The molecule has 0 radical (unpaired) electrons. The second kappa shape index (κ2) is 9.05. The van der Waals surface area contributed by atoms with Gasteiger partial charge in [-0.3, -0.25) is 0 Å². The quantitative estimate of drug-likeness (QED) is 0.243. The fraction of sp³-hybridized carbons (Fsp3) is 1.00. The van der Waals surface area contributed by atoms with E-state index in [-0.39, 0.29) is 0 Å². The second-order valence-electron chi connectivity index (χ2n) is 20.6. The van der Waals surface area contributed by atoms with Gasteiger partial charge in [0, 0.05) is 85.3 Å². The normalized spacial score (nSPS) is 26.0. The zero-order chi connectivity index (χ0) is 30.0. The molecule has 0 N–H and O–H groups in total. The zero-order valence-corrected chi connectivity index (χ0v) is 42.0. The Balaban J connectivity index is 5.18. The predicted octanol–water partition coefficient (Wildman–Crippen LogP) is 9.44. The van der Waals surface area contributed by atoms with Gasteiger partial charge in [-0.15, -0.1) is 0 Å². The van der Waals surface area contributed by atoms with Crippen LogP contribution in [0, 0.1) is 0 Å². The fourth-order valence-corrected chi connectivity index (χ4v) is 845. The second-order valence-corrected chi connectivity index (χ2v) is 170. The molecule has 1 heterocycles. The van der Waals surface area contributed by atoms with Crippen LogP contribution in [0.4, 0.5) is 0 Å². The van der Waals surface area contributed by atoms with E-state index in [0.29, 0.717) is 0 Å². The van der Waals surface area contributed by atoms with Crippen molar-refractivity contribution in [3.63, 3.8) is 0 Å². The average molecular weight is 698 g/mol. The van der Waals surface area contributed by atoms with Crippen LogP contribution in [0.3, 0.4) is 0 Å². The van der Waals surface area contributed by atoms with E-state index in [1.165, 1.54) is 0 Å². The first kappa shape index (κ1) is 36.6. The van der Waals surface area contributed by atoms with Crippen molar-refractivity contribution in [1.29, 1.82) is 0 Å². The Morgan fingerprint density at radius 3 is 0.361 bits per heavy atom. The molecular weight excluding hydrogens is 625 g/mol. The van der Waals surface area contributed by atoms with Crippen LogP contribution >= 0.6 is 0 Å². The Bertz CT molecular complexity index is 666. The summed E-state index contributed by atoms with van der Waals surface area (Å²) in [6.07, 6.45) is -4.46. The molecule has 0 saturated carbocycles. The summed E-state index contributed by atoms with van der Waals surface area (Å²) >= 11 is 0. The topological polar surface area (TPSA) is 0 Å². The van der Waals surface area contributed by atoms with Crippen LogP contribution in [0.25, 0.3) is 0 Å². The van der Waals surface area contributed by atoms with Crippen molar-refractivity contribution in [1.82, 2.24) is 0 Å². The summed E-state index contributed by atoms with van der Waals surface area (Å²) in [5.41, 5.74) is 0. The summed E-state index contributed by atoms with van der Waals surface area (Å²) in [4.78, 5) is 0. The maximum absolute atomic E-state index is 3.23. The minimum Gasteiger partial charge on any atom is -0.0742 e. The van der Waals surface area contributed by atoms with Crippen LogP contribution in [-0.2, 0) is 0 Å². The molecule has 1 fully saturated rings. The maximum Gasteiger partial charge on any atom is 0.0308 e. The molecule has 0 aromatic rings. The van der Waals surface area contributed by atoms with Crippen molar-refractivity contribution in [2.24, 2.45) is 0 Å². The molecule has 216 valence electrons. The Morgan fingerprint density at radius 2 is 0.306 bits per heavy atom. The fourth-order valence-electron chi connectivity index (χ4n) is 17.8. The third kappa shape index (κ3) is 3.79. The lowest BCUT2D eigenvalue weighted by atomic mass is 11.8. The molecule has 36 heavy (non-hydrogen) atoms. The molecule has 0 atom stereocenters. The molecular formula is C24H72Si12. The van der Waals surface area contributed by atoms with E-state index in [2.05, 4.69) is 157 Å². The monoisotopic (exact) mass is 696 g/mol. The summed E-state index contributed by atoms with van der Waals surface area (Å²) in [6.45, 7) is 73.4. The molecule has 12 heteroatoms. The summed E-state index contributed by atoms with van der Waals surface area (Å²) in [5, 5.41) is 0. The maximum atomic E-state index is 3.23. The van der Waals surface area contributed by atoms with Gasteiger partial charge in [0.1, 0.15) is 0 Å². The van der Waals surface area contributed by atoms with E-state index in [1.54, 1.807) is 0 Å². The molecule has 0 aromatic carbocycles. The summed E-state index contributed by atoms with van der Waals surface area (Å²) in [6, 6.07) is 0. The third-order valence-electron chi connectivity index (χ3n) is 12.4. The van der Waals surface area contributed by atoms with E-state index >= 15 is 0 Å². The van der Waals surface area contributed by atoms with Crippen molar-refractivity contribution in [2.75, 3.05) is 0 Å². The van der Waals surface area contributed by atoms with Crippen molar-refractivity contribution < 1.29 is 0 Å². The summed E-state index contributed by atoms with van der Waals surface area (Å²) in [5.74, 6) is 0. The highest BCUT2D eigenvalue weighted by atomic mass is 30.6. The van der Waals surface area contributed by atoms with Crippen molar-refractivity contribution >= 4 is 85.3 Å². The standard InChI is InChI=1S/C24H72Si12/c1-25(2,3)34(26(4,5)6)31(19,20)35(27(7,8)9,28(10,11)12)33(23,24)36(29(13,14)15,30(16,17)18)32(34,21)22/h1-24H3. The first-order valence-electron chi connectivity index (χ1n) is 15.0. The van der Waals surface area contributed by atoms with E-state index in [9.17, 15) is 0 Å². The molecule has 0 aliphatic carbocycles. The molecule has 0 bridgehead atoms. The zero-order valence-electron chi connectivity index (χ0n) is 30.0. The highest BCUT2D eigenvalue weighted by Gasteiger charge is 2.93. The number of hydrogen-bond donors (Lipinski definition) is 0. The lowest BCUT2D eigenvalue weighted by Crippen LogP contribution is -3.20. The Morgan fingerprint density at radius 1 is 0.222 bits per heavy atom. The molecule has 0 nitrogen and oxygen atoms in total. The summed E-state index contributed by atoms with van der Waals surface area (Å²) < 4.78 is 0. The lowest BCUT2D eigenvalue weighted by Gasteiger charge is -2.88. The molecule has 0 unspecified atom stereocenters. The van der Waals surface area contributed by atoms with Gasteiger partial charge >= 0.3 is 0 Å². The number of rotatable bonds is 6. The third-order valence-corrected chi connectivity index (χ3v) is 395. The highest BCUT2D eigenvalue weighted by molar-refractivity contribution is 8.43. The van der Waals surface area contributed by atoms with Crippen LogP contribution in [0.1, 0.15) is 0 Å². The van der Waals surface area contributed by atoms with Crippen molar-refractivity contribution in [3.05, 3.63) is 0 Å². The van der Waals surface area contributed by atoms with E-state index < -0.39 is 85.3 Å². The molecule has 0 spiro atoms. The average Bonchev–Trinajstić information content (AvgIpc) is 2.32. The first-order valence-corrected chi connectivity index (χ1v) is 63.0. The first-order chi connectivity index (χ1) is 15.0. The van der Waals surface area contributed by atoms with Gasteiger partial charge in [0.15, 0.2) is 0 Å². The van der Waals surface area contributed by atoms with Gasteiger partial charge in [0.25, 0.3) is 0 Å². The van der Waals surface area contributed by atoms with Crippen LogP contribution in [0.2, 0.25) is 157 Å². The summed E-state index contributed by atoms with van der Waals surface area (Å²) in [7, 11) is -12.6. The molecule has 1 rings (SSSR count). The Kier molecular flexibility index (Phi) is 9.21. The Hall–Kier alpha value is 2.60. The van der Waals surface area contributed by atoms with E-state index in [0.717, 1.165) is 0 Å². The van der Waals surface area contributed by atoms with E-state index in [1.807, 2.05) is 0 Å². The van der Waals surface area contributed by atoms with Gasteiger partial charge in [0.2, 0.25) is 0 Å². The van der Waals surface area contributed by atoms with Gasteiger partial charge < -0.3 is 0 Å².